The minimum Gasteiger partial charge on any atom is -0.508 e. The van der Waals surface area contributed by atoms with Crippen LogP contribution < -0.4 is 5.32 Å². The Morgan fingerprint density at radius 1 is 0.867 bits per heavy atom. The molecule has 0 aliphatic carbocycles. The molecule has 0 spiro atoms. The smallest absolute Gasteiger partial charge is 0.269 e. The first-order chi connectivity index (χ1) is 14.5. The standard InChI is InChI=1S/C24H18N2O4/c27-21-15-12-16-6-4-5-9-20(16)22(21)23(17-7-2-1-3-8-17)25-24(28)18-10-13-19(14-11-18)26(29)30/h1-15,23,27H,(H,25,28). The molecule has 0 bridgehead atoms. The number of carbonyl (C=O) groups excluding carboxylic acids is 1. The lowest BCUT2D eigenvalue weighted by molar-refractivity contribution is -0.384. The van der Waals surface area contributed by atoms with Gasteiger partial charge in [0.2, 0.25) is 0 Å². The zero-order chi connectivity index (χ0) is 21.1. The summed E-state index contributed by atoms with van der Waals surface area (Å²) in [6.07, 6.45) is 0. The van der Waals surface area contributed by atoms with Crippen molar-refractivity contribution in [3.63, 3.8) is 0 Å². The highest BCUT2D eigenvalue weighted by Gasteiger charge is 2.23. The van der Waals surface area contributed by atoms with Crippen LogP contribution in [-0.2, 0) is 0 Å². The summed E-state index contributed by atoms with van der Waals surface area (Å²) >= 11 is 0. The van der Waals surface area contributed by atoms with Crippen LogP contribution in [0.25, 0.3) is 10.8 Å². The van der Waals surface area contributed by atoms with E-state index in [2.05, 4.69) is 5.32 Å². The minimum absolute atomic E-state index is 0.0755. The van der Waals surface area contributed by atoms with Crippen LogP contribution in [0.3, 0.4) is 0 Å². The summed E-state index contributed by atoms with van der Waals surface area (Å²) in [7, 11) is 0. The van der Waals surface area contributed by atoms with Crippen LogP contribution in [0.2, 0.25) is 0 Å². The Kier molecular flexibility index (Phi) is 5.13. The molecule has 0 fully saturated rings. The van der Waals surface area contributed by atoms with Gasteiger partial charge in [-0.3, -0.25) is 14.9 Å². The summed E-state index contributed by atoms with van der Waals surface area (Å²) in [4.78, 5) is 23.3. The van der Waals surface area contributed by atoms with Crippen LogP contribution in [0.4, 0.5) is 5.69 Å². The number of aromatic hydroxyl groups is 1. The number of phenols is 1. The van der Waals surface area contributed by atoms with Crippen LogP contribution >= 0.6 is 0 Å². The molecule has 4 rings (SSSR count). The van der Waals surface area contributed by atoms with Gasteiger partial charge in [-0.25, -0.2) is 0 Å². The Balaban J connectivity index is 1.78. The Labute approximate surface area is 172 Å². The Morgan fingerprint density at radius 3 is 2.23 bits per heavy atom. The molecular weight excluding hydrogens is 380 g/mol. The molecule has 30 heavy (non-hydrogen) atoms. The maximum atomic E-state index is 13.0. The summed E-state index contributed by atoms with van der Waals surface area (Å²) in [6, 6.07) is 25.2. The second-order valence-electron chi connectivity index (χ2n) is 6.84. The zero-order valence-electron chi connectivity index (χ0n) is 15.9. The number of hydrogen-bond donors (Lipinski definition) is 2. The highest BCUT2D eigenvalue weighted by molar-refractivity contribution is 5.96. The van der Waals surface area contributed by atoms with E-state index in [1.165, 1.54) is 24.3 Å². The van der Waals surface area contributed by atoms with Crippen molar-refractivity contribution in [2.45, 2.75) is 6.04 Å². The molecule has 0 aromatic heterocycles. The molecule has 4 aromatic carbocycles. The summed E-state index contributed by atoms with van der Waals surface area (Å²) in [5.41, 5.74) is 1.60. The van der Waals surface area contributed by atoms with Gasteiger partial charge in [0.15, 0.2) is 0 Å². The summed E-state index contributed by atoms with van der Waals surface area (Å²) in [5, 5.41) is 26.3. The Morgan fingerprint density at radius 2 is 1.53 bits per heavy atom. The van der Waals surface area contributed by atoms with Gasteiger partial charge in [0.1, 0.15) is 5.75 Å². The molecule has 1 atom stereocenters. The number of rotatable bonds is 5. The lowest BCUT2D eigenvalue weighted by atomic mass is 9.92. The van der Waals surface area contributed by atoms with E-state index >= 15 is 0 Å². The third-order valence-electron chi connectivity index (χ3n) is 4.99. The molecular formula is C24H18N2O4. The number of amides is 1. The fraction of sp³-hybridized carbons (Fsp3) is 0.0417. The third kappa shape index (κ3) is 3.71. The van der Waals surface area contributed by atoms with Crippen molar-refractivity contribution >= 4 is 22.4 Å². The number of carbonyl (C=O) groups is 1. The summed E-state index contributed by atoms with van der Waals surface area (Å²) in [6.45, 7) is 0. The third-order valence-corrected chi connectivity index (χ3v) is 4.99. The molecule has 148 valence electrons. The van der Waals surface area contributed by atoms with Gasteiger partial charge in [-0.2, -0.15) is 0 Å². The molecule has 0 heterocycles. The number of nitro groups is 1. The van der Waals surface area contributed by atoms with Crippen LogP contribution in [0.1, 0.15) is 27.5 Å². The average Bonchev–Trinajstić information content (AvgIpc) is 2.78. The molecule has 2 N–H and O–H groups in total. The SMILES string of the molecule is O=C(NC(c1ccccc1)c1c(O)ccc2ccccc12)c1ccc([N+](=O)[O-])cc1. The number of phenolic OH excluding ortho intramolecular Hbond substituents is 1. The molecule has 0 aliphatic heterocycles. The quantitative estimate of drug-likeness (QED) is 0.367. The maximum absolute atomic E-state index is 13.0. The predicted octanol–water partition coefficient (Wildman–Crippen LogP) is 4.97. The number of fused-ring (bicyclic) bond motifs is 1. The van der Waals surface area contributed by atoms with Crippen LogP contribution in [0, 0.1) is 10.1 Å². The second kappa shape index (κ2) is 8.05. The van der Waals surface area contributed by atoms with E-state index in [1.54, 1.807) is 6.07 Å². The number of hydrogen-bond acceptors (Lipinski definition) is 4. The number of nitro benzene ring substituents is 1. The van der Waals surface area contributed by atoms with Crippen molar-refractivity contribution < 1.29 is 14.8 Å². The van der Waals surface area contributed by atoms with Crippen molar-refractivity contribution in [2.75, 3.05) is 0 Å². The van der Waals surface area contributed by atoms with E-state index in [9.17, 15) is 20.0 Å². The van der Waals surface area contributed by atoms with Crippen molar-refractivity contribution in [1.82, 2.24) is 5.32 Å². The highest BCUT2D eigenvalue weighted by Crippen LogP contribution is 2.36. The molecule has 6 heteroatoms. The number of non-ortho nitro benzene ring substituents is 1. The van der Waals surface area contributed by atoms with Crippen LogP contribution in [0.15, 0.2) is 91.0 Å². The molecule has 4 aromatic rings. The Bertz CT molecular complexity index is 1220. The fourth-order valence-electron chi connectivity index (χ4n) is 3.50. The molecule has 0 aliphatic rings. The first kappa shape index (κ1) is 19.1. The van der Waals surface area contributed by atoms with Crippen molar-refractivity contribution in [2.24, 2.45) is 0 Å². The summed E-state index contributed by atoms with van der Waals surface area (Å²) < 4.78 is 0. The minimum atomic E-state index is -0.611. The number of nitrogens with zero attached hydrogens (tertiary/aromatic N) is 1. The summed E-state index contributed by atoms with van der Waals surface area (Å²) in [5.74, 6) is -0.322. The molecule has 0 radical (unpaired) electrons. The lowest BCUT2D eigenvalue weighted by Gasteiger charge is -2.22. The van der Waals surface area contributed by atoms with Crippen LogP contribution in [0.5, 0.6) is 5.75 Å². The monoisotopic (exact) mass is 398 g/mol. The van der Waals surface area contributed by atoms with Gasteiger partial charge < -0.3 is 10.4 Å². The number of nitrogens with one attached hydrogen (secondary N) is 1. The van der Waals surface area contributed by atoms with Gasteiger partial charge in [-0.05, 0) is 34.5 Å². The largest absolute Gasteiger partial charge is 0.508 e. The number of benzene rings is 4. The highest BCUT2D eigenvalue weighted by atomic mass is 16.6. The molecule has 0 saturated heterocycles. The van der Waals surface area contributed by atoms with E-state index in [0.29, 0.717) is 11.1 Å². The van der Waals surface area contributed by atoms with Gasteiger partial charge in [-0.1, -0.05) is 60.7 Å². The van der Waals surface area contributed by atoms with Gasteiger partial charge in [0.25, 0.3) is 11.6 Å². The average molecular weight is 398 g/mol. The van der Waals surface area contributed by atoms with Crippen molar-refractivity contribution in [1.29, 1.82) is 0 Å². The van der Waals surface area contributed by atoms with Gasteiger partial charge in [0.05, 0.1) is 11.0 Å². The van der Waals surface area contributed by atoms with Crippen molar-refractivity contribution in [3.8, 4) is 5.75 Å². The maximum Gasteiger partial charge on any atom is 0.269 e. The van der Waals surface area contributed by atoms with Gasteiger partial charge in [0, 0.05) is 23.3 Å². The van der Waals surface area contributed by atoms with E-state index in [-0.39, 0.29) is 11.4 Å². The van der Waals surface area contributed by atoms with E-state index in [4.69, 9.17) is 0 Å². The lowest BCUT2D eigenvalue weighted by Crippen LogP contribution is -2.29. The van der Waals surface area contributed by atoms with E-state index in [1.807, 2.05) is 60.7 Å². The first-order valence-corrected chi connectivity index (χ1v) is 9.35. The fourth-order valence-corrected chi connectivity index (χ4v) is 3.50. The van der Waals surface area contributed by atoms with Crippen LogP contribution in [-0.4, -0.2) is 15.9 Å². The molecule has 0 saturated carbocycles. The van der Waals surface area contributed by atoms with Gasteiger partial charge in [-0.15, -0.1) is 0 Å². The predicted molar refractivity (Wildman–Crippen MR) is 114 cm³/mol. The zero-order valence-corrected chi connectivity index (χ0v) is 15.9. The first-order valence-electron chi connectivity index (χ1n) is 9.35. The van der Waals surface area contributed by atoms with E-state index < -0.39 is 16.9 Å². The molecule has 1 unspecified atom stereocenters. The second-order valence-corrected chi connectivity index (χ2v) is 6.84. The van der Waals surface area contributed by atoms with E-state index in [0.717, 1.165) is 16.3 Å². The molecule has 1 amide bonds. The van der Waals surface area contributed by atoms with Crippen molar-refractivity contribution in [3.05, 3.63) is 118 Å². The normalized spacial score (nSPS) is 11.7. The van der Waals surface area contributed by atoms with Gasteiger partial charge >= 0.3 is 0 Å². The topological polar surface area (TPSA) is 92.5 Å². The molecule has 6 nitrogen and oxygen atoms in total. The Hall–Kier alpha value is -4.19.